The van der Waals surface area contributed by atoms with Crippen LogP contribution >= 0.6 is 24.0 Å². The van der Waals surface area contributed by atoms with Gasteiger partial charge < -0.3 is 19.7 Å². The van der Waals surface area contributed by atoms with Crippen molar-refractivity contribution in [2.45, 2.75) is 38.7 Å². The average Bonchev–Trinajstić information content (AvgIpc) is 3.14. The van der Waals surface area contributed by atoms with Gasteiger partial charge in [-0.15, -0.1) is 34.2 Å². The summed E-state index contributed by atoms with van der Waals surface area (Å²) in [6, 6.07) is 5.93. The monoisotopic (exact) mass is 516 g/mol. The van der Waals surface area contributed by atoms with E-state index in [2.05, 4.69) is 27.3 Å². The fraction of sp³-hybridized carbons (Fsp3) is 0.650. The van der Waals surface area contributed by atoms with E-state index in [0.29, 0.717) is 12.6 Å². The molecule has 0 bridgehead atoms. The number of hydrogen-bond donors (Lipinski definition) is 1. The number of guanidine groups is 1. The lowest BCUT2D eigenvalue weighted by Gasteiger charge is -2.34. The lowest BCUT2D eigenvalue weighted by atomic mass is 10.1. The Morgan fingerprint density at radius 1 is 1.24 bits per heavy atom. The van der Waals surface area contributed by atoms with Gasteiger partial charge in [0, 0.05) is 59.1 Å². The zero-order valence-corrected chi connectivity index (χ0v) is 19.7. The first kappa shape index (κ1) is 23.8. The number of aromatic nitrogens is 3. The molecule has 0 atom stereocenters. The van der Waals surface area contributed by atoms with E-state index in [4.69, 9.17) is 14.5 Å². The van der Waals surface area contributed by atoms with E-state index >= 15 is 0 Å². The van der Waals surface area contributed by atoms with Gasteiger partial charge in [0.1, 0.15) is 5.82 Å². The average molecular weight is 516 g/mol. The summed E-state index contributed by atoms with van der Waals surface area (Å²) in [6.07, 6.45) is 6.13. The molecule has 9 heteroatoms. The normalized spacial score (nSPS) is 15.5. The van der Waals surface area contributed by atoms with E-state index in [1.165, 1.54) is 0 Å². The first-order valence-corrected chi connectivity index (χ1v) is 10.2. The summed E-state index contributed by atoms with van der Waals surface area (Å²) in [6.45, 7) is 7.12. The van der Waals surface area contributed by atoms with Crippen molar-refractivity contribution in [3.63, 3.8) is 0 Å². The van der Waals surface area contributed by atoms with Gasteiger partial charge in [0.05, 0.1) is 6.10 Å². The molecule has 1 aliphatic heterocycles. The van der Waals surface area contributed by atoms with Crippen LogP contribution in [0.15, 0.2) is 29.4 Å². The van der Waals surface area contributed by atoms with Crippen LogP contribution < -0.4 is 5.32 Å². The first-order chi connectivity index (χ1) is 13.8. The third-order valence-electron chi connectivity index (χ3n) is 4.90. The molecule has 1 saturated heterocycles. The quantitative estimate of drug-likeness (QED) is 0.239. The molecule has 0 spiro atoms. The number of hydrogen-bond acceptors (Lipinski definition) is 5. The van der Waals surface area contributed by atoms with Gasteiger partial charge in [-0.2, -0.15) is 0 Å². The van der Waals surface area contributed by atoms with Gasteiger partial charge in [0.15, 0.2) is 11.6 Å². The smallest absolute Gasteiger partial charge is 0.193 e. The second-order valence-corrected chi connectivity index (χ2v) is 6.93. The van der Waals surface area contributed by atoms with Crippen LogP contribution in [0.25, 0.3) is 5.65 Å². The highest BCUT2D eigenvalue weighted by molar-refractivity contribution is 14.0. The Labute approximate surface area is 190 Å². The largest absolute Gasteiger partial charge is 0.385 e. The predicted molar refractivity (Wildman–Crippen MR) is 125 cm³/mol. The van der Waals surface area contributed by atoms with Gasteiger partial charge in [-0.25, -0.2) is 0 Å². The molecule has 1 N–H and O–H groups in total. The molecule has 0 aliphatic carbocycles. The minimum Gasteiger partial charge on any atom is -0.385 e. The van der Waals surface area contributed by atoms with Crippen LogP contribution in [-0.2, 0) is 15.9 Å². The van der Waals surface area contributed by atoms with Crippen molar-refractivity contribution in [2.24, 2.45) is 4.99 Å². The predicted octanol–water partition coefficient (Wildman–Crippen LogP) is 2.37. The molecule has 2 aromatic rings. The number of rotatable bonds is 9. The molecule has 8 nitrogen and oxygen atoms in total. The SMILES string of the molecule is CCNC(=NCCc1nnc2ccccn12)N1CCC(OCCCOC)CC1.I. The van der Waals surface area contributed by atoms with Crippen LogP contribution in [0.5, 0.6) is 0 Å². The van der Waals surface area contributed by atoms with E-state index in [1.54, 1.807) is 7.11 Å². The summed E-state index contributed by atoms with van der Waals surface area (Å²) in [5, 5.41) is 11.9. The molecule has 0 radical (unpaired) electrons. The second kappa shape index (κ2) is 13.0. The maximum atomic E-state index is 5.96. The van der Waals surface area contributed by atoms with Gasteiger partial charge in [0.2, 0.25) is 0 Å². The second-order valence-electron chi connectivity index (χ2n) is 6.93. The van der Waals surface area contributed by atoms with Crippen molar-refractivity contribution >= 4 is 35.6 Å². The zero-order valence-electron chi connectivity index (χ0n) is 17.4. The number of fused-ring (bicyclic) bond motifs is 1. The van der Waals surface area contributed by atoms with Crippen molar-refractivity contribution in [3.05, 3.63) is 30.2 Å². The minimum absolute atomic E-state index is 0. The van der Waals surface area contributed by atoms with Gasteiger partial charge >= 0.3 is 0 Å². The van der Waals surface area contributed by atoms with Crippen LogP contribution in [-0.4, -0.2) is 78.1 Å². The number of piperidine rings is 1. The molecule has 0 aromatic carbocycles. The molecule has 1 aliphatic rings. The zero-order chi connectivity index (χ0) is 19.6. The van der Waals surface area contributed by atoms with Gasteiger partial charge in [-0.3, -0.25) is 9.39 Å². The summed E-state index contributed by atoms with van der Waals surface area (Å²) in [5.41, 5.74) is 0.876. The van der Waals surface area contributed by atoms with Crippen LogP contribution in [0.4, 0.5) is 0 Å². The molecule has 162 valence electrons. The Balaban J connectivity index is 0.00000300. The Bertz CT molecular complexity index is 745. The highest BCUT2D eigenvalue weighted by atomic mass is 127. The van der Waals surface area contributed by atoms with Crippen molar-refractivity contribution in [1.29, 1.82) is 0 Å². The first-order valence-electron chi connectivity index (χ1n) is 10.2. The van der Waals surface area contributed by atoms with Crippen LogP contribution in [0.2, 0.25) is 0 Å². The molecular formula is C20H33IN6O2. The number of ether oxygens (including phenoxy) is 2. The lowest BCUT2D eigenvalue weighted by Crippen LogP contribution is -2.47. The van der Waals surface area contributed by atoms with Gasteiger partial charge in [0.25, 0.3) is 0 Å². The number of methoxy groups -OCH3 is 1. The number of nitrogens with zero attached hydrogens (tertiary/aromatic N) is 5. The molecule has 0 unspecified atom stereocenters. The Morgan fingerprint density at radius 3 is 2.83 bits per heavy atom. The Morgan fingerprint density at radius 2 is 2.07 bits per heavy atom. The summed E-state index contributed by atoms with van der Waals surface area (Å²) in [7, 11) is 1.73. The third kappa shape index (κ3) is 7.07. The number of aliphatic imine (C=N–C) groups is 1. The van der Waals surface area contributed by atoms with Crippen molar-refractivity contribution in [1.82, 2.24) is 24.8 Å². The van der Waals surface area contributed by atoms with Gasteiger partial charge in [-0.05, 0) is 38.3 Å². The number of pyridine rings is 1. The minimum atomic E-state index is 0. The Kier molecular flexibility index (Phi) is 10.6. The highest BCUT2D eigenvalue weighted by Crippen LogP contribution is 2.14. The summed E-state index contributed by atoms with van der Waals surface area (Å²) in [4.78, 5) is 7.16. The molecule has 0 amide bonds. The maximum Gasteiger partial charge on any atom is 0.193 e. The fourth-order valence-corrected chi connectivity index (χ4v) is 3.44. The van der Waals surface area contributed by atoms with Crippen LogP contribution in [0.3, 0.4) is 0 Å². The van der Waals surface area contributed by atoms with Gasteiger partial charge in [-0.1, -0.05) is 6.07 Å². The molecule has 29 heavy (non-hydrogen) atoms. The Hall–Kier alpha value is -1.46. The molecule has 2 aromatic heterocycles. The van der Waals surface area contributed by atoms with E-state index < -0.39 is 0 Å². The van der Waals surface area contributed by atoms with Crippen molar-refractivity contribution in [3.8, 4) is 0 Å². The molecule has 3 rings (SSSR count). The highest BCUT2D eigenvalue weighted by Gasteiger charge is 2.21. The maximum absolute atomic E-state index is 5.96. The number of halogens is 1. The number of nitrogens with one attached hydrogen (secondary N) is 1. The topological polar surface area (TPSA) is 76.3 Å². The number of likely N-dealkylation sites (tertiary alicyclic amines) is 1. The van der Waals surface area contributed by atoms with E-state index in [0.717, 1.165) is 76.0 Å². The molecular weight excluding hydrogens is 483 g/mol. The van der Waals surface area contributed by atoms with Crippen molar-refractivity contribution in [2.75, 3.05) is 46.5 Å². The lowest BCUT2D eigenvalue weighted by molar-refractivity contribution is 0.00991. The van der Waals surface area contributed by atoms with Crippen molar-refractivity contribution < 1.29 is 9.47 Å². The standard InChI is InChI=1S/C20H32N6O2.HI/c1-3-21-20(25-13-9-17(10-14-25)28-16-6-15-27-2)22-11-8-19-24-23-18-7-4-5-12-26(18)19;/h4-5,7,12,17H,3,6,8-11,13-16H2,1-2H3,(H,21,22);1H. The third-order valence-corrected chi connectivity index (χ3v) is 4.90. The molecule has 0 saturated carbocycles. The van der Waals surface area contributed by atoms with E-state index in [-0.39, 0.29) is 24.0 Å². The van der Waals surface area contributed by atoms with E-state index in [1.807, 2.05) is 28.8 Å². The molecule has 3 heterocycles. The summed E-state index contributed by atoms with van der Waals surface area (Å²) < 4.78 is 13.1. The van der Waals surface area contributed by atoms with Crippen LogP contribution in [0, 0.1) is 0 Å². The fourth-order valence-electron chi connectivity index (χ4n) is 3.44. The van der Waals surface area contributed by atoms with Crippen LogP contribution in [0.1, 0.15) is 32.0 Å². The summed E-state index contributed by atoms with van der Waals surface area (Å²) >= 11 is 0. The molecule has 1 fully saturated rings. The summed E-state index contributed by atoms with van der Waals surface area (Å²) in [5.74, 6) is 1.92. The van der Waals surface area contributed by atoms with E-state index in [9.17, 15) is 0 Å².